The molecule has 2 aromatic rings. The van der Waals surface area contributed by atoms with Crippen molar-refractivity contribution < 1.29 is 9.90 Å². The summed E-state index contributed by atoms with van der Waals surface area (Å²) in [7, 11) is 0. The first-order chi connectivity index (χ1) is 11.2. The average molecular weight is 309 g/mol. The van der Waals surface area contributed by atoms with Crippen LogP contribution in [0, 0.1) is 0 Å². The van der Waals surface area contributed by atoms with Crippen molar-refractivity contribution in [3.8, 4) is 0 Å². The molecule has 1 heterocycles. The Bertz CT molecular complexity index is 631. The van der Waals surface area contributed by atoms with Crippen molar-refractivity contribution in [3.05, 3.63) is 71.8 Å². The van der Waals surface area contributed by atoms with Crippen LogP contribution >= 0.6 is 0 Å². The first-order valence-corrected chi connectivity index (χ1v) is 8.26. The molecule has 1 saturated heterocycles. The molecule has 120 valence electrons. The van der Waals surface area contributed by atoms with Crippen LogP contribution in [0.2, 0.25) is 0 Å². The van der Waals surface area contributed by atoms with Crippen LogP contribution < -0.4 is 0 Å². The SMILES string of the molecule is O=C(O)C1(c2ccccc2)CCN(CCc2ccccc2)CC1. The Labute approximate surface area is 137 Å². The lowest BCUT2D eigenvalue weighted by Gasteiger charge is -2.39. The van der Waals surface area contributed by atoms with E-state index in [-0.39, 0.29) is 0 Å². The monoisotopic (exact) mass is 309 g/mol. The van der Waals surface area contributed by atoms with Crippen LogP contribution in [0.1, 0.15) is 24.0 Å². The Kier molecular flexibility index (Phi) is 4.77. The predicted octanol–water partition coefficient (Wildman–Crippen LogP) is 3.35. The third-order valence-corrected chi connectivity index (χ3v) is 5.00. The topological polar surface area (TPSA) is 40.5 Å². The fourth-order valence-electron chi connectivity index (χ4n) is 3.47. The largest absolute Gasteiger partial charge is 0.481 e. The molecule has 3 nitrogen and oxygen atoms in total. The summed E-state index contributed by atoms with van der Waals surface area (Å²) in [5.74, 6) is -0.689. The summed E-state index contributed by atoms with van der Waals surface area (Å²) in [6.45, 7) is 2.68. The van der Waals surface area contributed by atoms with E-state index in [0.29, 0.717) is 12.8 Å². The Morgan fingerprint density at radius 3 is 2.09 bits per heavy atom. The fraction of sp³-hybridized carbons (Fsp3) is 0.350. The van der Waals surface area contributed by atoms with Crippen LogP contribution in [0.15, 0.2) is 60.7 Å². The molecule has 0 radical (unpaired) electrons. The third kappa shape index (κ3) is 3.45. The van der Waals surface area contributed by atoms with Crippen molar-refractivity contribution in [1.82, 2.24) is 4.90 Å². The van der Waals surface area contributed by atoms with Gasteiger partial charge in [-0.25, -0.2) is 0 Å². The molecule has 2 aromatic carbocycles. The van der Waals surface area contributed by atoms with Crippen LogP contribution in [-0.4, -0.2) is 35.6 Å². The zero-order chi connectivity index (χ0) is 16.1. The minimum Gasteiger partial charge on any atom is -0.481 e. The van der Waals surface area contributed by atoms with Gasteiger partial charge in [0.2, 0.25) is 0 Å². The number of likely N-dealkylation sites (tertiary alicyclic amines) is 1. The Balaban J connectivity index is 1.63. The van der Waals surface area contributed by atoms with Gasteiger partial charge in [-0.3, -0.25) is 4.79 Å². The van der Waals surface area contributed by atoms with Crippen molar-refractivity contribution in [1.29, 1.82) is 0 Å². The quantitative estimate of drug-likeness (QED) is 0.921. The molecule has 0 atom stereocenters. The molecule has 3 rings (SSSR count). The molecule has 0 aromatic heterocycles. The number of piperidine rings is 1. The lowest BCUT2D eigenvalue weighted by Crippen LogP contribution is -2.47. The minimum absolute atomic E-state index is 0.682. The number of benzene rings is 2. The van der Waals surface area contributed by atoms with Crippen molar-refractivity contribution in [2.45, 2.75) is 24.7 Å². The van der Waals surface area contributed by atoms with Gasteiger partial charge >= 0.3 is 5.97 Å². The second-order valence-electron chi connectivity index (χ2n) is 6.33. The van der Waals surface area contributed by atoms with Gasteiger partial charge in [-0.2, -0.15) is 0 Å². The lowest BCUT2D eigenvalue weighted by molar-refractivity contribution is -0.146. The first kappa shape index (κ1) is 15.8. The molecule has 1 aliphatic rings. The van der Waals surface area contributed by atoms with Crippen LogP contribution in [0.5, 0.6) is 0 Å². The van der Waals surface area contributed by atoms with Gasteiger partial charge in [-0.1, -0.05) is 60.7 Å². The summed E-state index contributed by atoms with van der Waals surface area (Å²) in [4.78, 5) is 14.3. The molecule has 1 aliphatic heterocycles. The highest BCUT2D eigenvalue weighted by Gasteiger charge is 2.42. The molecule has 0 aliphatic carbocycles. The number of carboxylic acids is 1. The van der Waals surface area contributed by atoms with E-state index in [1.807, 2.05) is 36.4 Å². The standard InChI is InChI=1S/C20H23NO2/c22-19(23)20(18-9-5-2-6-10-18)12-15-21(16-13-20)14-11-17-7-3-1-4-8-17/h1-10H,11-16H2,(H,22,23). The minimum atomic E-state index is -0.718. The second kappa shape index (κ2) is 6.97. The van der Waals surface area contributed by atoms with E-state index in [1.165, 1.54) is 5.56 Å². The number of hydrogen-bond acceptors (Lipinski definition) is 2. The highest BCUT2D eigenvalue weighted by molar-refractivity contribution is 5.81. The predicted molar refractivity (Wildman–Crippen MR) is 91.6 cm³/mol. The maximum Gasteiger partial charge on any atom is 0.314 e. The smallest absolute Gasteiger partial charge is 0.314 e. The van der Waals surface area contributed by atoms with E-state index in [1.54, 1.807) is 0 Å². The maximum atomic E-state index is 11.9. The maximum absolute atomic E-state index is 11.9. The van der Waals surface area contributed by atoms with Crippen LogP contribution in [0.3, 0.4) is 0 Å². The molecule has 23 heavy (non-hydrogen) atoms. The van der Waals surface area contributed by atoms with Gasteiger partial charge in [0.15, 0.2) is 0 Å². The molecule has 3 heteroatoms. The van der Waals surface area contributed by atoms with E-state index in [4.69, 9.17) is 0 Å². The number of nitrogens with zero attached hydrogens (tertiary/aromatic N) is 1. The van der Waals surface area contributed by atoms with Gasteiger partial charge in [0.25, 0.3) is 0 Å². The molecule has 1 fully saturated rings. The summed E-state index contributed by atoms with van der Waals surface area (Å²) < 4.78 is 0. The average Bonchev–Trinajstić information content (AvgIpc) is 2.62. The van der Waals surface area contributed by atoms with Crippen molar-refractivity contribution >= 4 is 5.97 Å². The number of rotatable bonds is 5. The number of carbonyl (C=O) groups is 1. The molecule has 0 amide bonds. The molecule has 0 bridgehead atoms. The van der Waals surface area contributed by atoms with Gasteiger partial charge in [0.1, 0.15) is 0 Å². The molecule has 1 N–H and O–H groups in total. The normalized spacial score (nSPS) is 17.7. The van der Waals surface area contributed by atoms with E-state index >= 15 is 0 Å². The zero-order valence-corrected chi connectivity index (χ0v) is 13.3. The van der Waals surface area contributed by atoms with Crippen molar-refractivity contribution in [2.75, 3.05) is 19.6 Å². The van der Waals surface area contributed by atoms with E-state index in [2.05, 4.69) is 29.2 Å². The third-order valence-electron chi connectivity index (χ3n) is 5.00. The molecule has 0 spiro atoms. The van der Waals surface area contributed by atoms with Gasteiger partial charge in [0.05, 0.1) is 5.41 Å². The number of hydrogen-bond donors (Lipinski definition) is 1. The second-order valence-corrected chi connectivity index (χ2v) is 6.33. The summed E-state index contributed by atoms with van der Waals surface area (Å²) in [5.41, 5.74) is 1.56. The van der Waals surface area contributed by atoms with Gasteiger partial charge in [-0.05, 0) is 43.5 Å². The fourth-order valence-corrected chi connectivity index (χ4v) is 3.47. The summed E-state index contributed by atoms with van der Waals surface area (Å²) in [6.07, 6.45) is 2.38. The van der Waals surface area contributed by atoms with Gasteiger partial charge in [0, 0.05) is 6.54 Å². The van der Waals surface area contributed by atoms with Crippen LogP contribution in [-0.2, 0) is 16.6 Å². The van der Waals surface area contributed by atoms with Crippen LogP contribution in [0.4, 0.5) is 0 Å². The van der Waals surface area contributed by atoms with Gasteiger partial charge in [-0.15, -0.1) is 0 Å². The lowest BCUT2D eigenvalue weighted by atomic mass is 9.73. The van der Waals surface area contributed by atoms with Crippen molar-refractivity contribution in [3.63, 3.8) is 0 Å². The highest BCUT2D eigenvalue weighted by atomic mass is 16.4. The van der Waals surface area contributed by atoms with E-state index in [0.717, 1.165) is 31.6 Å². The molecule has 0 saturated carbocycles. The Morgan fingerprint density at radius 1 is 0.957 bits per heavy atom. The molecular weight excluding hydrogens is 286 g/mol. The molecular formula is C20H23NO2. The molecule has 0 unspecified atom stereocenters. The Morgan fingerprint density at radius 2 is 1.52 bits per heavy atom. The van der Waals surface area contributed by atoms with Crippen LogP contribution in [0.25, 0.3) is 0 Å². The van der Waals surface area contributed by atoms with E-state index < -0.39 is 11.4 Å². The van der Waals surface area contributed by atoms with Crippen molar-refractivity contribution in [2.24, 2.45) is 0 Å². The summed E-state index contributed by atoms with van der Waals surface area (Å²) in [6, 6.07) is 20.2. The summed E-state index contributed by atoms with van der Waals surface area (Å²) in [5, 5.41) is 9.82. The first-order valence-electron chi connectivity index (χ1n) is 8.26. The number of carboxylic acid groups (broad SMARTS) is 1. The summed E-state index contributed by atoms with van der Waals surface area (Å²) >= 11 is 0. The zero-order valence-electron chi connectivity index (χ0n) is 13.3. The van der Waals surface area contributed by atoms with E-state index in [9.17, 15) is 9.90 Å². The van der Waals surface area contributed by atoms with Gasteiger partial charge < -0.3 is 10.0 Å². The number of aliphatic carboxylic acids is 1. The highest BCUT2D eigenvalue weighted by Crippen LogP contribution is 2.35. The Hall–Kier alpha value is -2.13.